The molecular formula is C14H11Br2FO. The van der Waals surface area contributed by atoms with Crippen LogP contribution in [-0.4, -0.2) is 5.11 Å². The Hall–Kier alpha value is -0.710. The molecule has 0 fully saturated rings. The van der Waals surface area contributed by atoms with Gasteiger partial charge in [0.1, 0.15) is 11.9 Å². The van der Waals surface area contributed by atoms with Crippen molar-refractivity contribution in [1.82, 2.24) is 0 Å². The molecule has 0 aromatic heterocycles. The lowest BCUT2D eigenvalue weighted by molar-refractivity contribution is 0.219. The van der Waals surface area contributed by atoms with E-state index in [0.717, 1.165) is 20.1 Å². The van der Waals surface area contributed by atoms with Crippen LogP contribution in [0.15, 0.2) is 45.3 Å². The van der Waals surface area contributed by atoms with E-state index < -0.39 is 6.10 Å². The average molecular weight is 374 g/mol. The van der Waals surface area contributed by atoms with Gasteiger partial charge in [-0.1, -0.05) is 12.1 Å². The van der Waals surface area contributed by atoms with Crippen LogP contribution in [0.5, 0.6) is 0 Å². The van der Waals surface area contributed by atoms with E-state index in [2.05, 4.69) is 31.9 Å². The molecule has 0 aliphatic heterocycles. The van der Waals surface area contributed by atoms with Crippen molar-refractivity contribution in [3.8, 4) is 0 Å². The predicted molar refractivity (Wildman–Crippen MR) is 77.0 cm³/mol. The number of halogens is 3. The summed E-state index contributed by atoms with van der Waals surface area (Å²) in [5.41, 5.74) is 2.21. The molecule has 1 N–H and O–H groups in total. The Morgan fingerprint density at radius 3 is 2.39 bits per heavy atom. The van der Waals surface area contributed by atoms with E-state index in [-0.39, 0.29) is 5.82 Å². The molecule has 0 radical (unpaired) electrons. The number of hydrogen-bond acceptors (Lipinski definition) is 1. The maximum atomic E-state index is 13.0. The topological polar surface area (TPSA) is 20.2 Å². The number of rotatable bonds is 2. The molecule has 1 atom stereocenters. The molecule has 2 aromatic carbocycles. The molecular weight excluding hydrogens is 363 g/mol. The standard InChI is InChI=1S/C14H11Br2FO/c1-8-6-10(17)3-4-11(8)14(18)9-2-5-12(15)13(16)7-9/h2-7,14,18H,1H3. The lowest BCUT2D eigenvalue weighted by Crippen LogP contribution is -2.02. The zero-order valence-corrected chi connectivity index (χ0v) is 12.8. The van der Waals surface area contributed by atoms with Gasteiger partial charge in [-0.2, -0.15) is 0 Å². The predicted octanol–water partition coefficient (Wildman–Crippen LogP) is 4.74. The molecule has 18 heavy (non-hydrogen) atoms. The molecule has 1 nitrogen and oxygen atoms in total. The largest absolute Gasteiger partial charge is 0.384 e. The minimum Gasteiger partial charge on any atom is -0.384 e. The molecule has 94 valence electrons. The summed E-state index contributed by atoms with van der Waals surface area (Å²) in [7, 11) is 0. The third-order valence-electron chi connectivity index (χ3n) is 2.79. The van der Waals surface area contributed by atoms with Crippen LogP contribution in [0.3, 0.4) is 0 Å². The molecule has 0 bridgehead atoms. The van der Waals surface area contributed by atoms with E-state index in [0.29, 0.717) is 5.56 Å². The van der Waals surface area contributed by atoms with E-state index in [4.69, 9.17) is 0 Å². The van der Waals surface area contributed by atoms with Crippen molar-refractivity contribution in [3.63, 3.8) is 0 Å². The van der Waals surface area contributed by atoms with Crippen molar-refractivity contribution in [2.24, 2.45) is 0 Å². The van der Waals surface area contributed by atoms with Gasteiger partial charge >= 0.3 is 0 Å². The van der Waals surface area contributed by atoms with Gasteiger partial charge in [-0.15, -0.1) is 0 Å². The van der Waals surface area contributed by atoms with E-state index in [1.165, 1.54) is 12.1 Å². The van der Waals surface area contributed by atoms with Gasteiger partial charge < -0.3 is 5.11 Å². The molecule has 0 aliphatic rings. The Labute approximate surface area is 122 Å². The summed E-state index contributed by atoms with van der Waals surface area (Å²) in [5.74, 6) is -0.291. The lowest BCUT2D eigenvalue weighted by Gasteiger charge is -2.15. The summed E-state index contributed by atoms with van der Waals surface area (Å²) >= 11 is 6.78. The van der Waals surface area contributed by atoms with Gasteiger partial charge in [-0.3, -0.25) is 0 Å². The van der Waals surface area contributed by atoms with E-state index in [1.54, 1.807) is 13.0 Å². The molecule has 0 heterocycles. The van der Waals surface area contributed by atoms with Crippen molar-refractivity contribution in [2.45, 2.75) is 13.0 Å². The molecule has 2 aromatic rings. The minimum absolute atomic E-state index is 0.291. The van der Waals surface area contributed by atoms with Gasteiger partial charge in [0, 0.05) is 8.95 Å². The third kappa shape index (κ3) is 2.82. The Kier molecular flexibility index (Phi) is 4.20. The summed E-state index contributed by atoms with van der Waals surface area (Å²) in [6.07, 6.45) is -0.755. The van der Waals surface area contributed by atoms with Crippen molar-refractivity contribution in [2.75, 3.05) is 0 Å². The highest BCUT2D eigenvalue weighted by molar-refractivity contribution is 9.13. The summed E-state index contributed by atoms with van der Waals surface area (Å²) < 4.78 is 14.8. The van der Waals surface area contributed by atoms with Crippen LogP contribution in [0.2, 0.25) is 0 Å². The molecule has 0 saturated heterocycles. The first-order valence-electron chi connectivity index (χ1n) is 5.38. The van der Waals surface area contributed by atoms with Crippen molar-refractivity contribution < 1.29 is 9.50 Å². The zero-order valence-electron chi connectivity index (χ0n) is 9.62. The maximum Gasteiger partial charge on any atom is 0.123 e. The van der Waals surface area contributed by atoms with E-state index in [9.17, 15) is 9.50 Å². The van der Waals surface area contributed by atoms with Crippen LogP contribution < -0.4 is 0 Å². The van der Waals surface area contributed by atoms with Crippen molar-refractivity contribution in [3.05, 3.63) is 67.9 Å². The van der Waals surface area contributed by atoms with Gasteiger partial charge in [-0.25, -0.2) is 4.39 Å². The first-order valence-corrected chi connectivity index (χ1v) is 6.96. The first-order chi connectivity index (χ1) is 8.49. The summed E-state index contributed by atoms with van der Waals surface area (Å²) in [6, 6.07) is 9.94. The van der Waals surface area contributed by atoms with Crippen molar-refractivity contribution in [1.29, 1.82) is 0 Å². The highest BCUT2D eigenvalue weighted by atomic mass is 79.9. The number of benzene rings is 2. The fourth-order valence-electron chi connectivity index (χ4n) is 1.81. The van der Waals surface area contributed by atoms with Gasteiger partial charge in [0.2, 0.25) is 0 Å². The molecule has 0 aliphatic carbocycles. The Morgan fingerprint density at radius 1 is 1.06 bits per heavy atom. The third-order valence-corrected chi connectivity index (χ3v) is 4.67. The molecule has 2 rings (SSSR count). The molecule has 1 unspecified atom stereocenters. The first kappa shape index (κ1) is 13.7. The van der Waals surface area contributed by atoms with Crippen molar-refractivity contribution >= 4 is 31.9 Å². The summed E-state index contributed by atoms with van der Waals surface area (Å²) in [6.45, 7) is 1.79. The van der Waals surface area contributed by atoms with Crippen LogP contribution in [0, 0.1) is 12.7 Å². The second-order valence-corrected chi connectivity index (χ2v) is 5.79. The highest BCUT2D eigenvalue weighted by Crippen LogP contribution is 2.30. The quantitative estimate of drug-likeness (QED) is 0.805. The number of aliphatic hydroxyl groups is 1. The smallest absolute Gasteiger partial charge is 0.123 e. The van der Waals surface area contributed by atoms with E-state index >= 15 is 0 Å². The van der Waals surface area contributed by atoms with Gasteiger partial charge in [0.05, 0.1) is 0 Å². The Morgan fingerprint density at radius 2 is 1.78 bits per heavy atom. The highest BCUT2D eigenvalue weighted by Gasteiger charge is 2.14. The average Bonchev–Trinajstić information content (AvgIpc) is 2.32. The second-order valence-electron chi connectivity index (χ2n) is 4.08. The van der Waals surface area contributed by atoms with Gasteiger partial charge in [0.25, 0.3) is 0 Å². The normalized spacial score (nSPS) is 12.5. The van der Waals surface area contributed by atoms with Crippen LogP contribution in [0.1, 0.15) is 22.8 Å². The summed E-state index contributed by atoms with van der Waals surface area (Å²) in [4.78, 5) is 0. The number of aliphatic hydroxyl groups excluding tert-OH is 1. The van der Waals surface area contributed by atoms with Crippen LogP contribution in [0.4, 0.5) is 4.39 Å². The molecule has 0 amide bonds. The SMILES string of the molecule is Cc1cc(F)ccc1C(O)c1ccc(Br)c(Br)c1. The number of aryl methyl sites for hydroxylation is 1. The Balaban J connectivity index is 2.41. The zero-order chi connectivity index (χ0) is 13.3. The molecule has 0 saturated carbocycles. The monoisotopic (exact) mass is 372 g/mol. The maximum absolute atomic E-state index is 13.0. The van der Waals surface area contributed by atoms with Crippen LogP contribution in [-0.2, 0) is 0 Å². The van der Waals surface area contributed by atoms with Crippen LogP contribution in [0.25, 0.3) is 0 Å². The van der Waals surface area contributed by atoms with Gasteiger partial charge in [-0.05, 0) is 79.7 Å². The fourth-order valence-corrected chi connectivity index (χ4v) is 2.45. The fraction of sp³-hybridized carbons (Fsp3) is 0.143. The molecule has 4 heteroatoms. The van der Waals surface area contributed by atoms with Crippen LogP contribution >= 0.6 is 31.9 Å². The molecule has 0 spiro atoms. The number of hydrogen-bond donors (Lipinski definition) is 1. The van der Waals surface area contributed by atoms with E-state index in [1.807, 2.05) is 18.2 Å². The lowest BCUT2D eigenvalue weighted by atomic mass is 9.97. The Bertz CT molecular complexity index is 584. The van der Waals surface area contributed by atoms with Gasteiger partial charge in [0.15, 0.2) is 0 Å². The second kappa shape index (κ2) is 5.51. The minimum atomic E-state index is -0.755. The summed E-state index contributed by atoms with van der Waals surface area (Å²) in [5, 5.41) is 10.3.